The molecule has 2 rings (SSSR count). The molecule has 0 radical (unpaired) electrons. The van der Waals surface area contributed by atoms with Crippen molar-refractivity contribution < 1.29 is 22.0 Å². The molecule has 5 nitrogen and oxygen atoms in total. The molecule has 0 aliphatic carbocycles. The summed E-state index contributed by atoms with van der Waals surface area (Å²) < 4.78 is 53.8. The Morgan fingerprint density at radius 2 is 1.72 bits per heavy atom. The molecule has 0 saturated carbocycles. The van der Waals surface area contributed by atoms with Crippen LogP contribution >= 0.6 is 23.2 Å². The predicted molar refractivity (Wildman–Crippen MR) is 91.2 cm³/mol. The molecule has 0 fully saturated rings. The number of halogens is 4. The molecule has 0 aromatic heterocycles. The normalized spacial score (nSPS) is 12.7. The maximum absolute atomic E-state index is 13.5. The second-order valence-electron chi connectivity index (χ2n) is 5.00. The summed E-state index contributed by atoms with van der Waals surface area (Å²) in [6.45, 7) is 1.21. The Bertz CT molecular complexity index is 903. The summed E-state index contributed by atoms with van der Waals surface area (Å²) in [4.78, 5) is 11.7. The van der Waals surface area contributed by atoms with Crippen molar-refractivity contribution in [1.82, 2.24) is 4.72 Å². The highest BCUT2D eigenvalue weighted by molar-refractivity contribution is 7.89. The lowest BCUT2D eigenvalue weighted by atomic mass is 10.2. The van der Waals surface area contributed by atoms with Crippen LogP contribution in [0.25, 0.3) is 0 Å². The minimum atomic E-state index is -4.18. The Labute approximate surface area is 153 Å². The van der Waals surface area contributed by atoms with Crippen molar-refractivity contribution in [2.45, 2.75) is 17.9 Å². The molecule has 0 unspecified atom stereocenters. The third-order valence-corrected chi connectivity index (χ3v) is 5.38. The van der Waals surface area contributed by atoms with Gasteiger partial charge in [0.15, 0.2) is 0 Å². The molecule has 1 atom stereocenters. The van der Waals surface area contributed by atoms with Crippen LogP contribution in [-0.2, 0) is 14.8 Å². The van der Waals surface area contributed by atoms with Gasteiger partial charge in [-0.15, -0.1) is 0 Å². The van der Waals surface area contributed by atoms with E-state index in [1.165, 1.54) is 19.1 Å². The van der Waals surface area contributed by atoms with Crippen molar-refractivity contribution in [2.75, 3.05) is 5.32 Å². The molecule has 0 saturated heterocycles. The first-order valence-electron chi connectivity index (χ1n) is 6.84. The average Bonchev–Trinajstić information content (AvgIpc) is 2.52. The van der Waals surface area contributed by atoms with Gasteiger partial charge < -0.3 is 5.32 Å². The number of rotatable bonds is 5. The number of anilines is 1. The summed E-state index contributed by atoms with van der Waals surface area (Å²) in [6.07, 6.45) is 0. The number of carbonyl (C=O) groups excluding carboxylic acids is 1. The van der Waals surface area contributed by atoms with Gasteiger partial charge in [0.1, 0.15) is 22.2 Å². The second kappa shape index (κ2) is 7.65. The van der Waals surface area contributed by atoms with Gasteiger partial charge in [-0.1, -0.05) is 29.3 Å². The van der Waals surface area contributed by atoms with E-state index in [1.807, 2.05) is 5.32 Å². The van der Waals surface area contributed by atoms with Crippen LogP contribution in [-0.4, -0.2) is 20.4 Å². The molecule has 1 amide bonds. The van der Waals surface area contributed by atoms with Crippen molar-refractivity contribution in [1.29, 1.82) is 0 Å². The van der Waals surface area contributed by atoms with E-state index >= 15 is 0 Å². The van der Waals surface area contributed by atoms with Gasteiger partial charge >= 0.3 is 0 Å². The maximum atomic E-state index is 13.5. The minimum absolute atomic E-state index is 0.0929. The summed E-state index contributed by atoms with van der Waals surface area (Å²) >= 11 is 11.6. The van der Waals surface area contributed by atoms with E-state index in [-0.39, 0.29) is 14.9 Å². The molecule has 2 aromatic rings. The molecule has 25 heavy (non-hydrogen) atoms. The molecule has 0 spiro atoms. The summed E-state index contributed by atoms with van der Waals surface area (Å²) in [5.74, 6) is -2.92. The number of amides is 1. The van der Waals surface area contributed by atoms with Gasteiger partial charge in [-0.3, -0.25) is 4.79 Å². The minimum Gasteiger partial charge on any atom is -0.320 e. The second-order valence-corrected chi connectivity index (χ2v) is 7.53. The van der Waals surface area contributed by atoms with Crippen LogP contribution in [0.4, 0.5) is 14.5 Å². The lowest BCUT2D eigenvalue weighted by Gasteiger charge is -2.16. The van der Waals surface area contributed by atoms with Crippen molar-refractivity contribution >= 4 is 44.8 Å². The fraction of sp³-hybridized carbons (Fsp3) is 0.133. The highest BCUT2D eigenvalue weighted by Crippen LogP contribution is 2.25. The van der Waals surface area contributed by atoms with Gasteiger partial charge in [-0.05, 0) is 37.3 Å². The molecule has 0 aliphatic heterocycles. The maximum Gasteiger partial charge on any atom is 0.242 e. The van der Waals surface area contributed by atoms with Crippen LogP contribution in [0.5, 0.6) is 0 Å². The lowest BCUT2D eigenvalue weighted by Crippen LogP contribution is -2.41. The number of sulfonamides is 1. The molecular weight excluding hydrogens is 397 g/mol. The molecule has 0 heterocycles. The summed E-state index contributed by atoms with van der Waals surface area (Å²) in [7, 11) is -4.18. The van der Waals surface area contributed by atoms with Gasteiger partial charge in [-0.25, -0.2) is 17.2 Å². The Morgan fingerprint density at radius 3 is 2.32 bits per heavy atom. The molecule has 0 aliphatic rings. The van der Waals surface area contributed by atoms with Crippen LogP contribution in [0.15, 0.2) is 41.3 Å². The quantitative estimate of drug-likeness (QED) is 0.793. The fourth-order valence-electron chi connectivity index (χ4n) is 1.88. The van der Waals surface area contributed by atoms with Crippen LogP contribution in [0, 0.1) is 11.6 Å². The summed E-state index contributed by atoms with van der Waals surface area (Å²) in [5.41, 5.74) is -0.667. The van der Waals surface area contributed by atoms with E-state index < -0.39 is 39.3 Å². The molecule has 134 valence electrons. The number of para-hydroxylation sites is 1. The molecule has 0 bridgehead atoms. The van der Waals surface area contributed by atoms with E-state index in [0.717, 1.165) is 24.3 Å². The van der Waals surface area contributed by atoms with Crippen LogP contribution in [0.2, 0.25) is 10.0 Å². The van der Waals surface area contributed by atoms with Gasteiger partial charge in [0.2, 0.25) is 15.9 Å². The zero-order chi connectivity index (χ0) is 18.8. The summed E-state index contributed by atoms with van der Waals surface area (Å²) in [6, 6.07) is 5.52. The van der Waals surface area contributed by atoms with Crippen LogP contribution in [0.3, 0.4) is 0 Å². The first kappa shape index (κ1) is 19.6. The van der Waals surface area contributed by atoms with E-state index in [9.17, 15) is 22.0 Å². The van der Waals surface area contributed by atoms with E-state index in [0.29, 0.717) is 0 Å². The van der Waals surface area contributed by atoms with Gasteiger partial charge in [0.25, 0.3) is 0 Å². The topological polar surface area (TPSA) is 75.3 Å². The standard InChI is InChI=1S/C15H12Cl2F2N2O3S/c1-8(15(22)20-14-11(18)3-2-4-12(14)19)21-25(23,24)13-7-9(16)5-6-10(13)17/h2-8,21H,1H3,(H,20,22)/t8-/m1/s1. The number of nitrogens with one attached hydrogen (secondary N) is 2. The molecular formula is C15H12Cl2F2N2O3S. The third-order valence-electron chi connectivity index (χ3n) is 3.12. The molecule has 2 aromatic carbocycles. The highest BCUT2D eigenvalue weighted by atomic mass is 35.5. The average molecular weight is 409 g/mol. The van der Waals surface area contributed by atoms with Crippen LogP contribution < -0.4 is 10.0 Å². The van der Waals surface area contributed by atoms with Gasteiger partial charge in [0.05, 0.1) is 11.1 Å². The Kier molecular flexibility index (Phi) is 5.99. The van der Waals surface area contributed by atoms with Crippen molar-refractivity contribution in [2.24, 2.45) is 0 Å². The van der Waals surface area contributed by atoms with Gasteiger partial charge in [-0.2, -0.15) is 4.72 Å². The largest absolute Gasteiger partial charge is 0.320 e. The Balaban J connectivity index is 2.19. The zero-order valence-corrected chi connectivity index (χ0v) is 15.0. The van der Waals surface area contributed by atoms with E-state index in [4.69, 9.17) is 23.2 Å². The Hall–Kier alpha value is -1.74. The monoisotopic (exact) mass is 408 g/mol. The van der Waals surface area contributed by atoms with E-state index in [1.54, 1.807) is 0 Å². The van der Waals surface area contributed by atoms with Gasteiger partial charge in [0, 0.05) is 5.02 Å². The first-order valence-corrected chi connectivity index (χ1v) is 9.08. The first-order chi connectivity index (χ1) is 11.6. The van der Waals surface area contributed by atoms with Crippen molar-refractivity contribution in [3.63, 3.8) is 0 Å². The molecule has 10 heteroatoms. The van der Waals surface area contributed by atoms with Crippen molar-refractivity contribution in [3.05, 3.63) is 58.1 Å². The zero-order valence-electron chi connectivity index (χ0n) is 12.7. The highest BCUT2D eigenvalue weighted by Gasteiger charge is 2.25. The fourth-order valence-corrected chi connectivity index (χ4v) is 3.85. The van der Waals surface area contributed by atoms with Crippen LogP contribution in [0.1, 0.15) is 6.92 Å². The number of hydrogen-bond acceptors (Lipinski definition) is 3. The van der Waals surface area contributed by atoms with E-state index in [2.05, 4.69) is 4.72 Å². The summed E-state index contributed by atoms with van der Waals surface area (Å²) in [5, 5.41) is 2.04. The molecule has 2 N–H and O–H groups in total. The third kappa shape index (κ3) is 4.66. The number of benzene rings is 2. The Morgan fingerprint density at radius 1 is 1.12 bits per heavy atom. The number of hydrogen-bond donors (Lipinski definition) is 2. The lowest BCUT2D eigenvalue weighted by molar-refractivity contribution is -0.117. The number of carbonyl (C=O) groups is 1. The SMILES string of the molecule is C[C@@H](NS(=O)(=O)c1cc(Cl)ccc1Cl)C(=O)Nc1c(F)cccc1F. The smallest absolute Gasteiger partial charge is 0.242 e. The predicted octanol–water partition coefficient (Wildman–Crippen LogP) is 3.58. The van der Waals surface area contributed by atoms with Crippen molar-refractivity contribution in [3.8, 4) is 0 Å².